The Kier molecular flexibility index (Phi) is 4.48. The summed E-state index contributed by atoms with van der Waals surface area (Å²) < 4.78 is 13.0. The second-order valence-corrected chi connectivity index (χ2v) is 6.01. The summed E-state index contributed by atoms with van der Waals surface area (Å²) in [6, 6.07) is 14.3. The first kappa shape index (κ1) is 15.4. The fourth-order valence-corrected chi connectivity index (χ4v) is 2.99. The number of aromatic nitrogens is 1. The second kappa shape index (κ2) is 6.71. The standard InChI is InChI=1S/C18H15FN2OS/c1-12(22)20-10-13-2-4-14(5-3-13)17-11-23-18(21-17)15-6-8-16(19)9-7-15/h2-9,11H,10H2,1H3,(H,20,22). The van der Waals surface area contributed by atoms with Crippen molar-refractivity contribution in [3.63, 3.8) is 0 Å². The molecule has 1 aromatic heterocycles. The van der Waals surface area contributed by atoms with Crippen molar-refractivity contribution in [2.45, 2.75) is 13.5 Å². The highest BCUT2D eigenvalue weighted by molar-refractivity contribution is 7.13. The number of hydrogen-bond acceptors (Lipinski definition) is 3. The maximum Gasteiger partial charge on any atom is 0.217 e. The summed E-state index contributed by atoms with van der Waals surface area (Å²) in [5.74, 6) is -0.294. The molecule has 0 aliphatic rings. The van der Waals surface area contributed by atoms with Gasteiger partial charge in [-0.3, -0.25) is 4.79 Å². The molecular weight excluding hydrogens is 311 g/mol. The Labute approximate surface area is 137 Å². The number of carbonyl (C=O) groups is 1. The molecule has 0 saturated heterocycles. The zero-order valence-electron chi connectivity index (χ0n) is 12.5. The number of amides is 1. The Morgan fingerprint density at radius 1 is 1.09 bits per heavy atom. The van der Waals surface area contributed by atoms with Crippen LogP contribution in [-0.2, 0) is 11.3 Å². The normalized spacial score (nSPS) is 10.5. The minimum absolute atomic E-state index is 0.0440. The first-order valence-corrected chi connectivity index (χ1v) is 8.05. The van der Waals surface area contributed by atoms with Gasteiger partial charge in [-0.15, -0.1) is 11.3 Å². The Morgan fingerprint density at radius 2 is 1.74 bits per heavy atom. The maximum absolute atomic E-state index is 13.0. The van der Waals surface area contributed by atoms with Crippen LogP contribution in [0.3, 0.4) is 0 Å². The van der Waals surface area contributed by atoms with Crippen LogP contribution >= 0.6 is 11.3 Å². The number of hydrogen-bond donors (Lipinski definition) is 1. The quantitative estimate of drug-likeness (QED) is 0.778. The number of halogens is 1. The van der Waals surface area contributed by atoms with Crippen molar-refractivity contribution in [3.05, 3.63) is 65.3 Å². The summed E-state index contributed by atoms with van der Waals surface area (Å²) in [5.41, 5.74) is 3.85. The van der Waals surface area contributed by atoms with Crippen LogP contribution in [0.25, 0.3) is 21.8 Å². The molecule has 1 amide bonds. The van der Waals surface area contributed by atoms with Crippen LogP contribution in [0, 0.1) is 5.82 Å². The van der Waals surface area contributed by atoms with Crippen LogP contribution in [0.4, 0.5) is 4.39 Å². The van der Waals surface area contributed by atoms with Gasteiger partial charge in [0.2, 0.25) is 5.91 Å². The van der Waals surface area contributed by atoms with Crippen molar-refractivity contribution < 1.29 is 9.18 Å². The highest BCUT2D eigenvalue weighted by Crippen LogP contribution is 2.29. The topological polar surface area (TPSA) is 42.0 Å². The number of benzene rings is 2. The minimum atomic E-state index is -0.250. The summed E-state index contributed by atoms with van der Waals surface area (Å²) in [4.78, 5) is 15.5. The molecule has 0 radical (unpaired) electrons. The number of thiazole rings is 1. The van der Waals surface area contributed by atoms with E-state index in [0.29, 0.717) is 6.54 Å². The Balaban J connectivity index is 1.77. The SMILES string of the molecule is CC(=O)NCc1ccc(-c2csc(-c3ccc(F)cc3)n2)cc1. The molecule has 0 bridgehead atoms. The zero-order chi connectivity index (χ0) is 16.2. The van der Waals surface area contributed by atoms with Gasteiger partial charge in [0, 0.05) is 30.0 Å². The summed E-state index contributed by atoms with van der Waals surface area (Å²) in [5, 5.41) is 5.62. The first-order valence-electron chi connectivity index (χ1n) is 7.17. The van der Waals surface area contributed by atoms with E-state index in [1.54, 1.807) is 12.1 Å². The molecule has 2 aromatic carbocycles. The third kappa shape index (κ3) is 3.81. The minimum Gasteiger partial charge on any atom is -0.352 e. The van der Waals surface area contributed by atoms with Gasteiger partial charge >= 0.3 is 0 Å². The van der Waals surface area contributed by atoms with Crippen molar-refractivity contribution in [1.82, 2.24) is 10.3 Å². The van der Waals surface area contributed by atoms with Gasteiger partial charge in [-0.1, -0.05) is 24.3 Å². The number of nitrogens with zero attached hydrogens (tertiary/aromatic N) is 1. The van der Waals surface area contributed by atoms with E-state index in [2.05, 4.69) is 10.3 Å². The van der Waals surface area contributed by atoms with Crippen LogP contribution < -0.4 is 5.32 Å². The molecule has 0 unspecified atom stereocenters. The van der Waals surface area contributed by atoms with E-state index in [4.69, 9.17) is 0 Å². The highest BCUT2D eigenvalue weighted by atomic mass is 32.1. The Hall–Kier alpha value is -2.53. The molecule has 1 heterocycles. The predicted molar refractivity (Wildman–Crippen MR) is 90.5 cm³/mol. The molecule has 0 aliphatic heterocycles. The lowest BCUT2D eigenvalue weighted by Gasteiger charge is -2.03. The van der Waals surface area contributed by atoms with Gasteiger partial charge in [-0.25, -0.2) is 9.37 Å². The molecule has 3 aromatic rings. The van der Waals surface area contributed by atoms with E-state index < -0.39 is 0 Å². The fraction of sp³-hybridized carbons (Fsp3) is 0.111. The van der Waals surface area contributed by atoms with Gasteiger partial charge in [-0.2, -0.15) is 0 Å². The molecule has 3 nitrogen and oxygen atoms in total. The highest BCUT2D eigenvalue weighted by Gasteiger charge is 2.07. The predicted octanol–water partition coefficient (Wildman–Crippen LogP) is 4.25. The molecular formula is C18H15FN2OS. The molecule has 0 atom stereocenters. The molecule has 0 fully saturated rings. The summed E-state index contributed by atoms with van der Waals surface area (Å²) in [7, 11) is 0. The van der Waals surface area contributed by atoms with E-state index in [1.807, 2.05) is 29.6 Å². The first-order chi connectivity index (χ1) is 11.1. The molecule has 3 rings (SSSR count). The van der Waals surface area contributed by atoms with Crippen molar-refractivity contribution >= 4 is 17.2 Å². The number of nitrogens with one attached hydrogen (secondary N) is 1. The average Bonchev–Trinajstić information content (AvgIpc) is 3.04. The summed E-state index contributed by atoms with van der Waals surface area (Å²) in [6.45, 7) is 2.02. The molecule has 0 saturated carbocycles. The zero-order valence-corrected chi connectivity index (χ0v) is 13.4. The van der Waals surface area contributed by atoms with Gasteiger partial charge < -0.3 is 5.32 Å². The van der Waals surface area contributed by atoms with Gasteiger partial charge in [-0.05, 0) is 29.8 Å². The summed E-state index contributed by atoms with van der Waals surface area (Å²) in [6.07, 6.45) is 0. The van der Waals surface area contributed by atoms with Crippen LogP contribution in [0.15, 0.2) is 53.9 Å². The Morgan fingerprint density at radius 3 is 2.39 bits per heavy atom. The molecule has 23 heavy (non-hydrogen) atoms. The van der Waals surface area contributed by atoms with Crippen LogP contribution in [0.1, 0.15) is 12.5 Å². The van der Waals surface area contributed by atoms with Crippen molar-refractivity contribution in [2.75, 3.05) is 0 Å². The van der Waals surface area contributed by atoms with Crippen molar-refractivity contribution in [1.29, 1.82) is 0 Å². The molecule has 5 heteroatoms. The monoisotopic (exact) mass is 326 g/mol. The molecule has 1 N–H and O–H groups in total. The van der Waals surface area contributed by atoms with Gasteiger partial charge in [0.25, 0.3) is 0 Å². The largest absolute Gasteiger partial charge is 0.352 e. The van der Waals surface area contributed by atoms with E-state index in [9.17, 15) is 9.18 Å². The number of rotatable bonds is 4. The third-order valence-electron chi connectivity index (χ3n) is 3.39. The van der Waals surface area contributed by atoms with Gasteiger partial charge in [0.1, 0.15) is 10.8 Å². The lowest BCUT2D eigenvalue weighted by Crippen LogP contribution is -2.18. The molecule has 0 aliphatic carbocycles. The van der Waals surface area contributed by atoms with E-state index >= 15 is 0 Å². The third-order valence-corrected chi connectivity index (χ3v) is 4.28. The summed E-state index contributed by atoms with van der Waals surface area (Å²) >= 11 is 1.53. The van der Waals surface area contributed by atoms with E-state index in [1.165, 1.54) is 30.4 Å². The second-order valence-electron chi connectivity index (χ2n) is 5.15. The fourth-order valence-electron chi connectivity index (χ4n) is 2.15. The van der Waals surface area contributed by atoms with E-state index in [-0.39, 0.29) is 11.7 Å². The van der Waals surface area contributed by atoms with E-state index in [0.717, 1.165) is 27.4 Å². The molecule has 116 valence electrons. The van der Waals surface area contributed by atoms with Gasteiger partial charge in [0.05, 0.1) is 5.69 Å². The molecule has 0 spiro atoms. The van der Waals surface area contributed by atoms with Gasteiger partial charge in [0.15, 0.2) is 0 Å². The van der Waals surface area contributed by atoms with Crippen LogP contribution in [0.2, 0.25) is 0 Å². The average molecular weight is 326 g/mol. The maximum atomic E-state index is 13.0. The smallest absolute Gasteiger partial charge is 0.217 e. The lowest BCUT2D eigenvalue weighted by atomic mass is 10.1. The lowest BCUT2D eigenvalue weighted by molar-refractivity contribution is -0.119. The number of carbonyl (C=O) groups excluding carboxylic acids is 1. The van der Waals surface area contributed by atoms with Crippen molar-refractivity contribution in [2.24, 2.45) is 0 Å². The van der Waals surface area contributed by atoms with Crippen molar-refractivity contribution in [3.8, 4) is 21.8 Å². The van der Waals surface area contributed by atoms with Crippen LogP contribution in [0.5, 0.6) is 0 Å². The Bertz CT molecular complexity index is 810. The van der Waals surface area contributed by atoms with Crippen LogP contribution in [-0.4, -0.2) is 10.9 Å².